The number of methoxy groups -OCH3 is 1. The zero-order valence-corrected chi connectivity index (χ0v) is 12.7. The van der Waals surface area contributed by atoms with Crippen LogP contribution in [0.3, 0.4) is 0 Å². The van der Waals surface area contributed by atoms with Crippen molar-refractivity contribution in [2.75, 3.05) is 12.4 Å². The van der Waals surface area contributed by atoms with E-state index in [1.54, 1.807) is 19.2 Å². The van der Waals surface area contributed by atoms with Crippen LogP contribution in [-0.2, 0) is 0 Å². The topological polar surface area (TPSA) is 51.2 Å². The molecule has 3 aromatic rings. The third-order valence-corrected chi connectivity index (χ3v) is 4.79. The van der Waals surface area contributed by atoms with Gasteiger partial charge in [-0.25, -0.2) is 4.98 Å². The normalized spacial score (nSPS) is 10.7. The van der Waals surface area contributed by atoms with Crippen LogP contribution in [0.25, 0.3) is 10.2 Å². The summed E-state index contributed by atoms with van der Waals surface area (Å²) in [5.41, 5.74) is 0.750. The van der Waals surface area contributed by atoms with Gasteiger partial charge in [-0.2, -0.15) is 0 Å². The standard InChI is InChI=1S/C13H9ClN2O2S2/c1-18-7-3-2-4-8-11(7)15-13(20-8)16-12(17)9-5-6-10(14)19-9/h2-6H,1H3,(H,15,16,17). The van der Waals surface area contributed by atoms with Crippen molar-refractivity contribution in [3.05, 3.63) is 39.5 Å². The molecule has 0 saturated carbocycles. The summed E-state index contributed by atoms with van der Waals surface area (Å²) in [5, 5.41) is 3.32. The van der Waals surface area contributed by atoms with Crippen molar-refractivity contribution in [3.63, 3.8) is 0 Å². The van der Waals surface area contributed by atoms with Gasteiger partial charge in [0, 0.05) is 0 Å². The average Bonchev–Trinajstić information content (AvgIpc) is 3.03. The Morgan fingerprint density at radius 1 is 1.30 bits per heavy atom. The summed E-state index contributed by atoms with van der Waals surface area (Å²) in [6.45, 7) is 0. The number of amides is 1. The summed E-state index contributed by atoms with van der Waals surface area (Å²) in [6.07, 6.45) is 0. The molecule has 0 saturated heterocycles. The molecule has 0 aliphatic carbocycles. The minimum absolute atomic E-state index is 0.208. The Hall–Kier alpha value is -1.63. The lowest BCUT2D eigenvalue weighted by Gasteiger charge is -1.98. The number of nitrogens with zero attached hydrogens (tertiary/aromatic N) is 1. The molecule has 4 nitrogen and oxygen atoms in total. The van der Waals surface area contributed by atoms with Gasteiger partial charge in [0.25, 0.3) is 5.91 Å². The van der Waals surface area contributed by atoms with Gasteiger partial charge in [-0.05, 0) is 24.3 Å². The van der Waals surface area contributed by atoms with Crippen LogP contribution in [0.15, 0.2) is 30.3 Å². The first-order chi connectivity index (χ1) is 9.67. The lowest BCUT2D eigenvalue weighted by Crippen LogP contribution is -2.09. The van der Waals surface area contributed by atoms with Crippen LogP contribution in [-0.4, -0.2) is 18.0 Å². The van der Waals surface area contributed by atoms with Gasteiger partial charge in [0.2, 0.25) is 0 Å². The largest absolute Gasteiger partial charge is 0.494 e. The molecule has 3 rings (SSSR count). The minimum atomic E-state index is -0.208. The molecule has 0 bridgehead atoms. The smallest absolute Gasteiger partial charge is 0.267 e. The Kier molecular flexibility index (Phi) is 3.60. The zero-order chi connectivity index (χ0) is 14.1. The highest BCUT2D eigenvalue weighted by molar-refractivity contribution is 7.22. The van der Waals surface area contributed by atoms with Gasteiger partial charge in [-0.3, -0.25) is 10.1 Å². The molecule has 0 spiro atoms. The van der Waals surface area contributed by atoms with Crippen molar-refractivity contribution in [1.82, 2.24) is 4.98 Å². The van der Waals surface area contributed by atoms with E-state index in [0.29, 0.717) is 20.1 Å². The molecule has 20 heavy (non-hydrogen) atoms. The van der Waals surface area contributed by atoms with Crippen LogP contribution in [0.2, 0.25) is 4.34 Å². The number of thiophene rings is 1. The molecule has 7 heteroatoms. The van der Waals surface area contributed by atoms with Gasteiger partial charge in [0.1, 0.15) is 11.3 Å². The Bertz CT molecular complexity index is 782. The van der Waals surface area contributed by atoms with Gasteiger partial charge >= 0.3 is 0 Å². The summed E-state index contributed by atoms with van der Waals surface area (Å²) >= 11 is 8.46. The number of hydrogen-bond donors (Lipinski definition) is 1. The van der Waals surface area contributed by atoms with E-state index in [1.807, 2.05) is 18.2 Å². The molecule has 0 aliphatic rings. The Labute approximate surface area is 128 Å². The Morgan fingerprint density at radius 3 is 2.85 bits per heavy atom. The molecular formula is C13H9ClN2O2S2. The van der Waals surface area contributed by atoms with Crippen LogP contribution in [0, 0.1) is 0 Å². The summed E-state index contributed by atoms with van der Waals surface area (Å²) in [4.78, 5) is 17.0. The van der Waals surface area contributed by atoms with Gasteiger partial charge in [0.05, 0.1) is 21.0 Å². The molecule has 1 aromatic carbocycles. The highest BCUT2D eigenvalue weighted by Gasteiger charge is 2.13. The van der Waals surface area contributed by atoms with E-state index in [1.165, 1.54) is 22.7 Å². The fourth-order valence-electron chi connectivity index (χ4n) is 1.74. The maximum atomic E-state index is 12.0. The number of aromatic nitrogens is 1. The first-order valence-electron chi connectivity index (χ1n) is 5.67. The quantitative estimate of drug-likeness (QED) is 0.782. The number of carbonyl (C=O) groups excluding carboxylic acids is 1. The second-order valence-electron chi connectivity index (χ2n) is 3.88. The van der Waals surface area contributed by atoms with Crippen LogP contribution >= 0.6 is 34.3 Å². The van der Waals surface area contributed by atoms with E-state index < -0.39 is 0 Å². The number of ether oxygens (including phenoxy) is 1. The third kappa shape index (κ3) is 2.49. The van der Waals surface area contributed by atoms with Crippen molar-refractivity contribution in [2.45, 2.75) is 0 Å². The number of fused-ring (bicyclic) bond motifs is 1. The summed E-state index contributed by atoms with van der Waals surface area (Å²) in [6, 6.07) is 9.06. The lowest BCUT2D eigenvalue weighted by molar-refractivity contribution is 0.103. The highest BCUT2D eigenvalue weighted by atomic mass is 35.5. The second-order valence-corrected chi connectivity index (χ2v) is 6.63. The number of hydrogen-bond acceptors (Lipinski definition) is 5. The maximum absolute atomic E-state index is 12.0. The SMILES string of the molecule is COc1cccc2sc(NC(=O)c3ccc(Cl)s3)nc12. The van der Waals surface area contributed by atoms with E-state index >= 15 is 0 Å². The zero-order valence-electron chi connectivity index (χ0n) is 10.3. The van der Waals surface area contributed by atoms with E-state index in [4.69, 9.17) is 16.3 Å². The third-order valence-electron chi connectivity index (χ3n) is 2.62. The predicted molar refractivity (Wildman–Crippen MR) is 83.5 cm³/mol. The monoisotopic (exact) mass is 324 g/mol. The number of benzene rings is 1. The number of anilines is 1. The molecule has 1 amide bonds. The van der Waals surface area contributed by atoms with E-state index in [-0.39, 0.29) is 5.91 Å². The van der Waals surface area contributed by atoms with E-state index in [9.17, 15) is 4.79 Å². The van der Waals surface area contributed by atoms with Crippen molar-refractivity contribution in [2.24, 2.45) is 0 Å². The van der Waals surface area contributed by atoms with Crippen LogP contribution in [0.5, 0.6) is 5.75 Å². The molecule has 2 aromatic heterocycles. The number of rotatable bonds is 3. The molecule has 0 atom stereocenters. The Morgan fingerprint density at radius 2 is 2.15 bits per heavy atom. The van der Waals surface area contributed by atoms with Crippen molar-refractivity contribution in [3.8, 4) is 5.75 Å². The van der Waals surface area contributed by atoms with E-state index in [0.717, 1.165) is 10.2 Å². The number of halogens is 1. The molecule has 1 N–H and O–H groups in total. The van der Waals surface area contributed by atoms with Crippen LogP contribution in [0.4, 0.5) is 5.13 Å². The number of carbonyl (C=O) groups is 1. The average molecular weight is 325 g/mol. The lowest BCUT2D eigenvalue weighted by atomic mass is 10.3. The molecule has 0 aliphatic heterocycles. The van der Waals surface area contributed by atoms with Gasteiger partial charge in [-0.15, -0.1) is 11.3 Å². The van der Waals surface area contributed by atoms with Crippen molar-refractivity contribution in [1.29, 1.82) is 0 Å². The fourth-order valence-corrected chi connectivity index (χ4v) is 3.55. The molecule has 0 fully saturated rings. The van der Waals surface area contributed by atoms with Gasteiger partial charge in [0.15, 0.2) is 5.13 Å². The second kappa shape index (κ2) is 5.40. The molecule has 0 radical (unpaired) electrons. The number of thiazole rings is 1. The number of para-hydroxylation sites is 1. The van der Waals surface area contributed by atoms with Gasteiger partial charge < -0.3 is 4.74 Å². The van der Waals surface area contributed by atoms with Crippen LogP contribution < -0.4 is 10.1 Å². The minimum Gasteiger partial charge on any atom is -0.494 e. The molecular weight excluding hydrogens is 316 g/mol. The molecule has 2 heterocycles. The van der Waals surface area contributed by atoms with E-state index in [2.05, 4.69) is 10.3 Å². The first-order valence-corrected chi connectivity index (χ1v) is 7.68. The summed E-state index contributed by atoms with van der Waals surface area (Å²) < 4.78 is 6.80. The fraction of sp³-hybridized carbons (Fsp3) is 0.0769. The van der Waals surface area contributed by atoms with Crippen LogP contribution in [0.1, 0.15) is 9.67 Å². The van der Waals surface area contributed by atoms with Crippen molar-refractivity contribution >= 4 is 55.5 Å². The maximum Gasteiger partial charge on any atom is 0.267 e. The first kappa shape index (κ1) is 13.4. The van der Waals surface area contributed by atoms with Gasteiger partial charge in [-0.1, -0.05) is 29.0 Å². The summed E-state index contributed by atoms with van der Waals surface area (Å²) in [5.74, 6) is 0.485. The highest BCUT2D eigenvalue weighted by Crippen LogP contribution is 2.32. The molecule has 102 valence electrons. The number of nitrogens with one attached hydrogen (secondary N) is 1. The predicted octanol–water partition coefficient (Wildman–Crippen LogP) is 4.27. The van der Waals surface area contributed by atoms with Crippen molar-refractivity contribution < 1.29 is 9.53 Å². The summed E-state index contributed by atoms with van der Waals surface area (Å²) in [7, 11) is 1.60. The molecule has 0 unspecified atom stereocenters. The Balaban J connectivity index is 1.89.